The maximum absolute atomic E-state index is 12.2. The second-order valence-corrected chi connectivity index (χ2v) is 9.40. The third kappa shape index (κ3) is 5.08. The molecule has 1 aliphatic rings. The first kappa shape index (κ1) is 21.2. The number of hydrogen-bond acceptors (Lipinski definition) is 3. The van der Waals surface area contributed by atoms with Crippen molar-refractivity contribution in [1.82, 2.24) is 10.2 Å². The molecule has 0 radical (unpaired) electrons. The van der Waals surface area contributed by atoms with Gasteiger partial charge in [0.1, 0.15) is 0 Å². The summed E-state index contributed by atoms with van der Waals surface area (Å²) in [6.45, 7) is 9.98. The predicted octanol–water partition coefficient (Wildman–Crippen LogP) is 2.59. The zero-order valence-corrected chi connectivity index (χ0v) is 18.0. The average Bonchev–Trinajstić information content (AvgIpc) is 2.46. The van der Waals surface area contributed by atoms with Crippen molar-refractivity contribution in [2.45, 2.75) is 39.0 Å². The van der Waals surface area contributed by atoms with Crippen molar-refractivity contribution in [2.24, 2.45) is 4.99 Å². The normalized spacial score (nSPS) is 19.5. The van der Waals surface area contributed by atoms with Crippen molar-refractivity contribution < 1.29 is 8.42 Å². The highest BCUT2D eigenvalue weighted by Crippen LogP contribution is 2.23. The van der Waals surface area contributed by atoms with Gasteiger partial charge in [-0.25, -0.2) is 13.4 Å². The fourth-order valence-corrected chi connectivity index (χ4v) is 4.09. The Hall–Kier alpha value is -0.830. The SMILES string of the molecule is CCNC(=NCc1cccc(C)c1)N1CCS(=O)(=O)C(C)(C)C1.I. The molecule has 0 unspecified atom stereocenters. The monoisotopic (exact) mass is 465 g/mol. The lowest BCUT2D eigenvalue weighted by molar-refractivity contribution is 0.353. The molecule has 1 aliphatic heterocycles. The van der Waals surface area contributed by atoms with Gasteiger partial charge in [-0.1, -0.05) is 29.8 Å². The zero-order chi connectivity index (χ0) is 17.1. The molecule has 1 N–H and O–H groups in total. The number of sulfone groups is 1. The third-order valence-corrected chi connectivity index (χ3v) is 6.70. The van der Waals surface area contributed by atoms with E-state index < -0.39 is 14.6 Å². The Balaban J connectivity index is 0.00000288. The number of guanidine groups is 1. The molecule has 0 spiro atoms. The first-order valence-corrected chi connectivity index (χ1v) is 9.71. The molecule has 136 valence electrons. The van der Waals surface area contributed by atoms with E-state index in [0.29, 0.717) is 19.6 Å². The van der Waals surface area contributed by atoms with Gasteiger partial charge in [-0.15, -0.1) is 24.0 Å². The van der Waals surface area contributed by atoms with Crippen molar-refractivity contribution in [3.63, 3.8) is 0 Å². The third-order valence-electron chi connectivity index (χ3n) is 4.17. The van der Waals surface area contributed by atoms with Crippen LogP contribution in [0.25, 0.3) is 0 Å². The van der Waals surface area contributed by atoms with Crippen LogP contribution in [0.2, 0.25) is 0 Å². The minimum atomic E-state index is -3.04. The molecule has 0 saturated carbocycles. The van der Waals surface area contributed by atoms with Crippen LogP contribution in [0.1, 0.15) is 31.9 Å². The lowest BCUT2D eigenvalue weighted by Crippen LogP contribution is -2.57. The molecule has 0 aromatic heterocycles. The maximum atomic E-state index is 12.2. The average molecular weight is 465 g/mol. The van der Waals surface area contributed by atoms with Crippen LogP contribution in [-0.4, -0.2) is 49.4 Å². The highest BCUT2D eigenvalue weighted by molar-refractivity contribution is 14.0. The van der Waals surface area contributed by atoms with Crippen molar-refractivity contribution >= 4 is 39.8 Å². The molecule has 1 fully saturated rings. The number of nitrogens with one attached hydrogen (secondary N) is 1. The summed E-state index contributed by atoms with van der Waals surface area (Å²) >= 11 is 0. The molecule has 2 rings (SSSR count). The van der Waals surface area contributed by atoms with E-state index in [0.717, 1.165) is 18.1 Å². The highest BCUT2D eigenvalue weighted by Gasteiger charge is 2.40. The molecule has 0 atom stereocenters. The molecule has 0 amide bonds. The first-order chi connectivity index (χ1) is 10.7. The fraction of sp³-hybridized carbons (Fsp3) is 0.588. The molecular formula is C17H28IN3O2S. The molecule has 5 nitrogen and oxygen atoms in total. The summed E-state index contributed by atoms with van der Waals surface area (Å²) in [4.78, 5) is 6.75. The molecule has 0 aliphatic carbocycles. The molecule has 24 heavy (non-hydrogen) atoms. The van der Waals surface area contributed by atoms with Gasteiger partial charge in [0.2, 0.25) is 0 Å². The van der Waals surface area contributed by atoms with E-state index in [1.807, 2.05) is 13.0 Å². The smallest absolute Gasteiger partial charge is 0.194 e. The van der Waals surface area contributed by atoms with Crippen LogP contribution in [0.4, 0.5) is 0 Å². The van der Waals surface area contributed by atoms with Crippen LogP contribution >= 0.6 is 24.0 Å². The van der Waals surface area contributed by atoms with Gasteiger partial charge < -0.3 is 10.2 Å². The van der Waals surface area contributed by atoms with E-state index in [2.05, 4.69) is 35.3 Å². The summed E-state index contributed by atoms with van der Waals surface area (Å²) in [6, 6.07) is 8.28. The molecular weight excluding hydrogens is 437 g/mol. The Kier molecular flexibility index (Phi) is 7.52. The van der Waals surface area contributed by atoms with Gasteiger partial charge in [0.05, 0.1) is 17.0 Å². The maximum Gasteiger partial charge on any atom is 0.194 e. The molecule has 1 aromatic rings. The predicted molar refractivity (Wildman–Crippen MR) is 111 cm³/mol. The Bertz CT molecular complexity index is 687. The van der Waals surface area contributed by atoms with E-state index in [1.165, 1.54) is 5.56 Å². The number of nitrogens with zero attached hydrogens (tertiary/aromatic N) is 2. The van der Waals surface area contributed by atoms with E-state index in [1.54, 1.807) is 13.8 Å². The van der Waals surface area contributed by atoms with E-state index in [9.17, 15) is 8.42 Å². The standard InChI is InChI=1S/C17H27N3O2S.HI/c1-5-18-16(19-12-15-8-6-7-14(2)11-15)20-9-10-23(21,22)17(3,4)13-20;/h6-8,11H,5,9-10,12-13H2,1-4H3,(H,18,19);1H. The summed E-state index contributed by atoms with van der Waals surface area (Å²) < 4.78 is 23.6. The van der Waals surface area contributed by atoms with Crippen molar-refractivity contribution in [1.29, 1.82) is 0 Å². The van der Waals surface area contributed by atoms with Crippen LogP contribution in [0, 0.1) is 6.92 Å². The van der Waals surface area contributed by atoms with E-state index in [4.69, 9.17) is 4.99 Å². The van der Waals surface area contributed by atoms with Gasteiger partial charge in [0.15, 0.2) is 15.8 Å². The summed E-state index contributed by atoms with van der Waals surface area (Å²) in [7, 11) is -3.04. The zero-order valence-electron chi connectivity index (χ0n) is 14.9. The van der Waals surface area contributed by atoms with Crippen molar-refractivity contribution in [3.05, 3.63) is 35.4 Å². The fourth-order valence-electron chi connectivity index (χ4n) is 2.73. The number of rotatable bonds is 3. The number of aliphatic imine (C=N–C) groups is 1. The topological polar surface area (TPSA) is 61.8 Å². The molecule has 1 heterocycles. The van der Waals surface area contributed by atoms with Crippen molar-refractivity contribution in [3.8, 4) is 0 Å². The van der Waals surface area contributed by atoms with Crippen LogP contribution in [-0.2, 0) is 16.4 Å². The van der Waals surface area contributed by atoms with Crippen LogP contribution in [0.5, 0.6) is 0 Å². The summed E-state index contributed by atoms with van der Waals surface area (Å²) in [5.41, 5.74) is 2.37. The summed E-state index contributed by atoms with van der Waals surface area (Å²) in [5, 5.41) is 3.28. The molecule has 0 bridgehead atoms. The summed E-state index contributed by atoms with van der Waals surface area (Å²) in [6.07, 6.45) is 0. The Morgan fingerprint density at radius 3 is 2.67 bits per heavy atom. The van der Waals surface area contributed by atoms with Gasteiger partial charge in [-0.3, -0.25) is 0 Å². The molecule has 1 aromatic carbocycles. The highest BCUT2D eigenvalue weighted by atomic mass is 127. The van der Waals surface area contributed by atoms with Gasteiger partial charge in [0, 0.05) is 19.6 Å². The Morgan fingerprint density at radius 1 is 1.38 bits per heavy atom. The molecule has 7 heteroatoms. The number of hydrogen-bond donors (Lipinski definition) is 1. The Labute approximate surface area is 162 Å². The van der Waals surface area contributed by atoms with E-state index >= 15 is 0 Å². The quantitative estimate of drug-likeness (QED) is 0.424. The lowest BCUT2D eigenvalue weighted by atomic mass is 10.1. The minimum absolute atomic E-state index is 0. The second-order valence-electron chi connectivity index (χ2n) is 6.66. The van der Waals surface area contributed by atoms with Crippen LogP contribution in [0.15, 0.2) is 29.3 Å². The largest absolute Gasteiger partial charge is 0.357 e. The first-order valence-electron chi connectivity index (χ1n) is 8.06. The lowest BCUT2D eigenvalue weighted by Gasteiger charge is -2.39. The van der Waals surface area contributed by atoms with Gasteiger partial charge in [0.25, 0.3) is 0 Å². The number of aryl methyl sites for hydroxylation is 1. The van der Waals surface area contributed by atoms with Gasteiger partial charge in [-0.05, 0) is 33.3 Å². The second kappa shape index (κ2) is 8.51. The van der Waals surface area contributed by atoms with Crippen LogP contribution in [0.3, 0.4) is 0 Å². The Morgan fingerprint density at radius 2 is 2.08 bits per heavy atom. The number of halogens is 1. The number of benzene rings is 1. The summed E-state index contributed by atoms with van der Waals surface area (Å²) in [5.74, 6) is 0.964. The molecule has 1 saturated heterocycles. The van der Waals surface area contributed by atoms with Gasteiger partial charge in [-0.2, -0.15) is 0 Å². The van der Waals surface area contributed by atoms with Crippen LogP contribution < -0.4 is 5.32 Å². The van der Waals surface area contributed by atoms with Crippen molar-refractivity contribution in [2.75, 3.05) is 25.4 Å². The minimum Gasteiger partial charge on any atom is -0.357 e. The van der Waals surface area contributed by atoms with E-state index in [-0.39, 0.29) is 29.7 Å². The van der Waals surface area contributed by atoms with Gasteiger partial charge >= 0.3 is 0 Å².